The van der Waals surface area contributed by atoms with Crippen LogP contribution >= 0.6 is 0 Å². The van der Waals surface area contributed by atoms with Crippen LogP contribution in [0, 0.1) is 11.8 Å². The van der Waals surface area contributed by atoms with Crippen LogP contribution in [-0.4, -0.2) is 55.5 Å². The average molecular weight is 386 g/mol. The number of likely N-dealkylation sites (tertiary alicyclic amines) is 2. The first-order valence-electron chi connectivity index (χ1n) is 10.4. The van der Waals surface area contributed by atoms with Gasteiger partial charge in [-0.15, -0.1) is 0 Å². The van der Waals surface area contributed by atoms with E-state index in [1.807, 2.05) is 28.0 Å². The highest BCUT2D eigenvalue weighted by Crippen LogP contribution is 2.39. The highest BCUT2D eigenvalue weighted by molar-refractivity contribution is 5.82. The van der Waals surface area contributed by atoms with Gasteiger partial charge in [0.2, 0.25) is 11.8 Å². The predicted molar refractivity (Wildman–Crippen MR) is 105 cm³/mol. The summed E-state index contributed by atoms with van der Waals surface area (Å²) in [7, 11) is 3.26. The molecule has 3 aliphatic rings. The highest BCUT2D eigenvalue weighted by atomic mass is 16.5. The maximum atomic E-state index is 13.3. The molecular weight excluding hydrogens is 356 g/mol. The van der Waals surface area contributed by atoms with Gasteiger partial charge in [-0.3, -0.25) is 9.59 Å². The van der Waals surface area contributed by atoms with Crippen molar-refractivity contribution in [1.29, 1.82) is 0 Å². The molecule has 2 heterocycles. The predicted octanol–water partition coefficient (Wildman–Crippen LogP) is 3.02. The van der Waals surface area contributed by atoms with Crippen molar-refractivity contribution in [2.75, 3.05) is 33.9 Å². The maximum Gasteiger partial charge on any atom is 0.226 e. The van der Waals surface area contributed by atoms with Gasteiger partial charge in [0.05, 0.1) is 20.3 Å². The van der Waals surface area contributed by atoms with Crippen LogP contribution in [0.2, 0.25) is 0 Å². The van der Waals surface area contributed by atoms with Gasteiger partial charge in [-0.1, -0.05) is 6.07 Å². The molecule has 0 bridgehead atoms. The van der Waals surface area contributed by atoms with E-state index in [1.54, 1.807) is 14.2 Å². The van der Waals surface area contributed by atoms with Crippen molar-refractivity contribution in [1.82, 2.24) is 9.80 Å². The Morgan fingerprint density at radius 3 is 2.18 bits per heavy atom. The van der Waals surface area contributed by atoms with Crippen LogP contribution in [0.25, 0.3) is 0 Å². The van der Waals surface area contributed by atoms with Gasteiger partial charge in [0.25, 0.3) is 0 Å². The molecule has 1 aromatic carbocycles. The number of ether oxygens (including phenoxy) is 2. The van der Waals surface area contributed by atoms with Crippen LogP contribution in [-0.2, 0) is 9.59 Å². The minimum absolute atomic E-state index is 0.0315. The Hall–Kier alpha value is -2.24. The zero-order chi connectivity index (χ0) is 19.7. The summed E-state index contributed by atoms with van der Waals surface area (Å²) < 4.78 is 10.8. The summed E-state index contributed by atoms with van der Waals surface area (Å²) in [5.41, 5.74) is 1.10. The fraction of sp³-hybridized carbons (Fsp3) is 0.636. The topological polar surface area (TPSA) is 59.1 Å². The summed E-state index contributed by atoms with van der Waals surface area (Å²) in [5.74, 6) is 2.25. The summed E-state index contributed by atoms with van der Waals surface area (Å²) in [6.45, 7) is 2.25. The Labute approximate surface area is 166 Å². The molecule has 1 aliphatic carbocycles. The molecule has 0 N–H and O–H groups in total. The number of rotatable bonds is 5. The second-order valence-corrected chi connectivity index (χ2v) is 8.18. The lowest BCUT2D eigenvalue weighted by molar-refractivity contribution is -0.142. The fourth-order valence-electron chi connectivity index (χ4n) is 4.61. The molecule has 0 aromatic heterocycles. The molecule has 1 unspecified atom stereocenters. The first kappa shape index (κ1) is 19.1. The number of carbonyl (C=O) groups is 2. The van der Waals surface area contributed by atoms with Gasteiger partial charge in [-0.2, -0.15) is 0 Å². The van der Waals surface area contributed by atoms with E-state index in [4.69, 9.17) is 9.47 Å². The lowest BCUT2D eigenvalue weighted by Crippen LogP contribution is -2.44. The molecule has 1 saturated carbocycles. The van der Waals surface area contributed by atoms with Crippen molar-refractivity contribution in [2.45, 2.75) is 44.6 Å². The van der Waals surface area contributed by atoms with Crippen LogP contribution in [0.5, 0.6) is 11.5 Å². The summed E-state index contributed by atoms with van der Waals surface area (Å²) in [6, 6.07) is 6.04. The smallest absolute Gasteiger partial charge is 0.226 e. The monoisotopic (exact) mass is 386 g/mol. The van der Waals surface area contributed by atoms with Crippen molar-refractivity contribution in [3.8, 4) is 11.5 Å². The first-order chi connectivity index (χ1) is 13.6. The molecule has 1 aromatic rings. The van der Waals surface area contributed by atoms with Crippen LogP contribution < -0.4 is 9.47 Å². The maximum absolute atomic E-state index is 13.3. The number of methoxy groups -OCH3 is 2. The lowest BCUT2D eigenvalue weighted by Gasteiger charge is -2.35. The molecule has 4 rings (SSSR count). The van der Waals surface area contributed by atoms with Gasteiger partial charge < -0.3 is 19.3 Å². The zero-order valence-electron chi connectivity index (χ0n) is 16.9. The minimum atomic E-state index is 0.0315. The standard InChI is InChI=1S/C22H30N2O4/c1-27-19-8-7-17(14-20(19)28-2)18-4-3-11-24(18)22(26)16-9-12-23(13-10-16)21(25)15-5-6-15/h7-8,14-16,18H,3-6,9-13H2,1-2H3. The molecule has 0 spiro atoms. The first-order valence-corrected chi connectivity index (χ1v) is 10.4. The van der Waals surface area contributed by atoms with Crippen LogP contribution in [0.1, 0.15) is 50.1 Å². The van der Waals surface area contributed by atoms with E-state index in [0.717, 1.165) is 63.7 Å². The van der Waals surface area contributed by atoms with Gasteiger partial charge in [-0.05, 0) is 56.2 Å². The zero-order valence-corrected chi connectivity index (χ0v) is 16.9. The van der Waals surface area contributed by atoms with Crippen molar-refractivity contribution < 1.29 is 19.1 Å². The highest BCUT2D eigenvalue weighted by Gasteiger charge is 2.39. The Kier molecular flexibility index (Phi) is 5.47. The normalized spacial score (nSPS) is 23.0. The second-order valence-electron chi connectivity index (χ2n) is 8.18. The van der Waals surface area contributed by atoms with E-state index < -0.39 is 0 Å². The summed E-state index contributed by atoms with van der Waals surface area (Å²) in [5, 5.41) is 0. The third kappa shape index (κ3) is 3.69. The van der Waals surface area contributed by atoms with E-state index >= 15 is 0 Å². The Balaban J connectivity index is 1.42. The van der Waals surface area contributed by atoms with E-state index in [1.165, 1.54) is 0 Å². The molecule has 2 amide bonds. The van der Waals surface area contributed by atoms with Crippen LogP contribution in [0.15, 0.2) is 18.2 Å². The number of carbonyl (C=O) groups excluding carboxylic acids is 2. The quantitative estimate of drug-likeness (QED) is 0.781. The SMILES string of the molecule is COc1ccc(C2CCCN2C(=O)C2CCN(C(=O)C3CC3)CC2)cc1OC. The Bertz CT molecular complexity index is 738. The molecule has 3 fully saturated rings. The largest absolute Gasteiger partial charge is 0.493 e. The lowest BCUT2D eigenvalue weighted by atomic mass is 9.94. The van der Waals surface area contributed by atoms with Crippen LogP contribution in [0.4, 0.5) is 0 Å². The van der Waals surface area contributed by atoms with E-state index in [9.17, 15) is 9.59 Å². The number of piperidine rings is 1. The van der Waals surface area contributed by atoms with E-state index in [0.29, 0.717) is 17.4 Å². The fourth-order valence-corrected chi connectivity index (χ4v) is 4.61. The van der Waals surface area contributed by atoms with Crippen molar-refractivity contribution in [3.05, 3.63) is 23.8 Å². The third-order valence-corrected chi connectivity index (χ3v) is 6.41. The van der Waals surface area contributed by atoms with E-state index in [2.05, 4.69) is 0 Å². The van der Waals surface area contributed by atoms with Gasteiger partial charge in [0.1, 0.15) is 0 Å². The summed E-state index contributed by atoms with van der Waals surface area (Å²) in [4.78, 5) is 29.5. The second kappa shape index (κ2) is 8.02. The van der Waals surface area contributed by atoms with Gasteiger partial charge >= 0.3 is 0 Å². The molecular formula is C22H30N2O4. The molecule has 152 valence electrons. The summed E-state index contributed by atoms with van der Waals surface area (Å²) >= 11 is 0. The van der Waals surface area contributed by atoms with Crippen molar-refractivity contribution >= 4 is 11.8 Å². The molecule has 0 radical (unpaired) electrons. The van der Waals surface area contributed by atoms with Crippen LogP contribution in [0.3, 0.4) is 0 Å². The van der Waals surface area contributed by atoms with E-state index in [-0.39, 0.29) is 23.8 Å². The van der Waals surface area contributed by atoms with Crippen molar-refractivity contribution in [2.24, 2.45) is 11.8 Å². The number of hydrogen-bond acceptors (Lipinski definition) is 4. The van der Waals surface area contributed by atoms with Gasteiger partial charge in [0, 0.05) is 31.5 Å². The number of amides is 2. The summed E-state index contributed by atoms with van der Waals surface area (Å²) in [6.07, 6.45) is 5.64. The molecule has 6 heteroatoms. The van der Waals surface area contributed by atoms with Crippen molar-refractivity contribution in [3.63, 3.8) is 0 Å². The number of benzene rings is 1. The third-order valence-electron chi connectivity index (χ3n) is 6.41. The Morgan fingerprint density at radius 2 is 1.54 bits per heavy atom. The molecule has 1 atom stereocenters. The number of nitrogens with zero attached hydrogens (tertiary/aromatic N) is 2. The molecule has 6 nitrogen and oxygen atoms in total. The van der Waals surface area contributed by atoms with Gasteiger partial charge in [-0.25, -0.2) is 0 Å². The Morgan fingerprint density at radius 1 is 0.857 bits per heavy atom. The molecule has 2 aliphatic heterocycles. The van der Waals surface area contributed by atoms with Gasteiger partial charge in [0.15, 0.2) is 11.5 Å². The molecule has 2 saturated heterocycles. The number of hydrogen-bond donors (Lipinski definition) is 0. The molecule has 28 heavy (non-hydrogen) atoms. The average Bonchev–Trinajstić information content (AvgIpc) is 3.48. The minimum Gasteiger partial charge on any atom is -0.493 e.